The Labute approximate surface area is 187 Å². The maximum Gasteiger partial charge on any atom is 0.419 e. The van der Waals surface area contributed by atoms with Crippen molar-refractivity contribution in [2.45, 2.75) is 56.5 Å². The molecule has 0 radical (unpaired) electrons. The number of nitrogens with zero attached hydrogens (tertiary/aromatic N) is 4. The molecule has 2 saturated carbocycles. The molecule has 2 aromatic heterocycles. The van der Waals surface area contributed by atoms with Crippen LogP contribution in [0.1, 0.15) is 36.4 Å². The first-order valence-electron chi connectivity index (χ1n) is 11.1. The van der Waals surface area contributed by atoms with E-state index in [-0.39, 0.29) is 23.3 Å². The highest BCUT2D eigenvalue weighted by Crippen LogP contribution is 2.64. The lowest BCUT2D eigenvalue weighted by atomic mass is 10.0. The maximum atomic E-state index is 13.3. The first-order valence-corrected chi connectivity index (χ1v) is 11.1. The van der Waals surface area contributed by atoms with Crippen molar-refractivity contribution in [3.8, 4) is 11.3 Å². The van der Waals surface area contributed by atoms with Crippen molar-refractivity contribution in [1.29, 1.82) is 0 Å². The maximum absolute atomic E-state index is 13.3. The van der Waals surface area contributed by atoms with E-state index in [1.807, 2.05) is 0 Å². The Bertz CT molecular complexity index is 1010. The molecule has 3 aliphatic rings. The van der Waals surface area contributed by atoms with Gasteiger partial charge in [0.2, 0.25) is 0 Å². The lowest BCUT2D eigenvalue weighted by Gasteiger charge is -2.26. The molecule has 0 bridgehead atoms. The minimum atomic E-state index is -4.67. The van der Waals surface area contributed by atoms with Gasteiger partial charge in [0.1, 0.15) is 12.4 Å². The van der Waals surface area contributed by atoms with Gasteiger partial charge in [0.25, 0.3) is 6.43 Å². The van der Waals surface area contributed by atoms with Gasteiger partial charge in [-0.2, -0.15) is 18.3 Å². The highest BCUT2D eigenvalue weighted by atomic mass is 19.4. The number of ether oxygens (including phenoxy) is 1. The van der Waals surface area contributed by atoms with Crippen LogP contribution in [0.5, 0.6) is 0 Å². The minimum Gasteiger partial charge on any atom is -0.383 e. The molecule has 1 aliphatic heterocycles. The number of methoxy groups -OCH3 is 1. The number of anilines is 1. The fourth-order valence-corrected chi connectivity index (χ4v) is 5.79. The summed E-state index contributed by atoms with van der Waals surface area (Å²) in [5.41, 5.74) is 5.31. The summed E-state index contributed by atoms with van der Waals surface area (Å²) in [6.45, 7) is 1.34. The third-order valence-corrected chi connectivity index (χ3v) is 7.43. The van der Waals surface area contributed by atoms with Gasteiger partial charge in [-0.25, -0.2) is 13.8 Å². The topological polar surface area (TPSA) is 69.2 Å². The van der Waals surface area contributed by atoms with E-state index in [4.69, 9.17) is 10.5 Å². The fourth-order valence-electron chi connectivity index (χ4n) is 5.79. The van der Waals surface area contributed by atoms with Crippen LogP contribution in [0.3, 0.4) is 0 Å². The summed E-state index contributed by atoms with van der Waals surface area (Å²) >= 11 is 0. The van der Waals surface area contributed by atoms with Crippen molar-refractivity contribution in [2.75, 3.05) is 25.9 Å². The Balaban J connectivity index is 1.37. The molecule has 1 saturated heterocycles. The molecule has 2 aromatic rings. The second-order valence-corrected chi connectivity index (χ2v) is 9.30. The molecule has 0 spiro atoms. The number of hydrogen-bond acceptors (Lipinski definition) is 5. The van der Waals surface area contributed by atoms with Gasteiger partial charge in [0.05, 0.1) is 17.4 Å². The molecule has 11 heteroatoms. The SMILES string of the molecule is CO[C@H]1CCN([C@@H]2C[C@@H]3[C@H](C2)[C@H]3c2cc(-c3cnc(N)c(C(F)(F)F)c3)nn2CC(F)F)C1. The lowest BCUT2D eigenvalue weighted by molar-refractivity contribution is -0.137. The number of rotatable bonds is 6. The molecular weight excluding hydrogens is 445 g/mol. The van der Waals surface area contributed by atoms with Gasteiger partial charge >= 0.3 is 6.18 Å². The van der Waals surface area contributed by atoms with Crippen LogP contribution in [0, 0.1) is 11.8 Å². The van der Waals surface area contributed by atoms with E-state index >= 15 is 0 Å². The monoisotopic (exact) mass is 471 g/mol. The molecule has 2 aliphatic carbocycles. The number of hydrogen-bond donors (Lipinski definition) is 1. The number of nitrogen functional groups attached to an aromatic ring is 1. The van der Waals surface area contributed by atoms with Gasteiger partial charge in [-0.05, 0) is 43.2 Å². The second kappa shape index (κ2) is 8.19. The van der Waals surface area contributed by atoms with Crippen molar-refractivity contribution < 1.29 is 26.7 Å². The van der Waals surface area contributed by atoms with Gasteiger partial charge in [-0.15, -0.1) is 0 Å². The van der Waals surface area contributed by atoms with Crippen molar-refractivity contribution in [3.05, 3.63) is 29.6 Å². The summed E-state index contributed by atoms with van der Waals surface area (Å²) in [5, 5.41) is 4.24. The van der Waals surface area contributed by atoms with E-state index in [2.05, 4.69) is 15.0 Å². The Kier molecular flexibility index (Phi) is 5.59. The predicted molar refractivity (Wildman–Crippen MR) is 111 cm³/mol. The Morgan fingerprint density at radius 1 is 1.21 bits per heavy atom. The van der Waals surface area contributed by atoms with Crippen LogP contribution in [-0.4, -0.2) is 58.4 Å². The highest BCUT2D eigenvalue weighted by Gasteiger charge is 2.59. The van der Waals surface area contributed by atoms with Gasteiger partial charge in [-0.3, -0.25) is 9.58 Å². The molecule has 0 amide bonds. The molecule has 6 nitrogen and oxygen atoms in total. The average molecular weight is 471 g/mol. The van der Waals surface area contributed by atoms with E-state index < -0.39 is 30.5 Å². The van der Waals surface area contributed by atoms with Crippen LogP contribution in [0.15, 0.2) is 18.3 Å². The zero-order chi connectivity index (χ0) is 23.5. The molecule has 3 fully saturated rings. The van der Waals surface area contributed by atoms with Crippen LogP contribution >= 0.6 is 0 Å². The number of likely N-dealkylation sites (tertiary alicyclic amines) is 1. The first kappa shape index (κ1) is 22.5. The van der Waals surface area contributed by atoms with Crippen molar-refractivity contribution in [3.63, 3.8) is 0 Å². The molecule has 0 aromatic carbocycles. The summed E-state index contributed by atoms with van der Waals surface area (Å²) in [6, 6.07) is 2.99. The third-order valence-electron chi connectivity index (χ3n) is 7.43. The zero-order valence-electron chi connectivity index (χ0n) is 18.1. The summed E-state index contributed by atoms with van der Waals surface area (Å²) < 4.78 is 72.9. The first-order chi connectivity index (χ1) is 15.7. The number of halogens is 5. The number of nitrogens with two attached hydrogens (primary N) is 1. The van der Waals surface area contributed by atoms with E-state index in [0.717, 1.165) is 38.4 Å². The van der Waals surface area contributed by atoms with E-state index in [9.17, 15) is 22.0 Å². The van der Waals surface area contributed by atoms with E-state index in [1.165, 1.54) is 10.9 Å². The third kappa shape index (κ3) is 4.21. The van der Waals surface area contributed by atoms with Crippen molar-refractivity contribution in [2.24, 2.45) is 11.8 Å². The Hall–Kier alpha value is -2.27. The predicted octanol–water partition coefficient (Wildman–Crippen LogP) is 4.02. The minimum absolute atomic E-state index is 0.103. The Morgan fingerprint density at radius 2 is 1.94 bits per heavy atom. The number of aromatic nitrogens is 3. The summed E-state index contributed by atoms with van der Waals surface area (Å²) in [7, 11) is 1.73. The van der Waals surface area contributed by atoms with Gasteiger partial charge in [0.15, 0.2) is 0 Å². The normalized spacial score (nSPS) is 29.7. The smallest absolute Gasteiger partial charge is 0.383 e. The summed E-state index contributed by atoms with van der Waals surface area (Å²) in [5.74, 6) is 0.241. The summed E-state index contributed by atoms with van der Waals surface area (Å²) in [4.78, 5) is 6.11. The molecule has 180 valence electrons. The number of fused-ring (bicyclic) bond motifs is 1. The molecule has 5 atom stereocenters. The standard InChI is InChI=1S/C22H26F5N5O/c1-33-13-2-3-31(9-13)12-5-14-15(6-12)20(14)18-7-17(30-32(18)10-19(23)24)11-4-16(22(25,26)27)21(28)29-8-11/h4,7-8,12-15,19-20H,2-3,5-6,9-10H2,1H3,(H2,28,29)/t12-,13-,14-,15+,20+/m0/s1. The van der Waals surface area contributed by atoms with Crippen molar-refractivity contribution in [1.82, 2.24) is 19.7 Å². The molecule has 5 rings (SSSR count). The number of alkyl halides is 5. The zero-order valence-corrected chi connectivity index (χ0v) is 18.1. The molecule has 33 heavy (non-hydrogen) atoms. The van der Waals surface area contributed by atoms with E-state index in [0.29, 0.717) is 23.6 Å². The van der Waals surface area contributed by atoms with Crippen LogP contribution < -0.4 is 5.73 Å². The molecular formula is C22H26F5N5O. The van der Waals surface area contributed by atoms with Gasteiger partial charge < -0.3 is 10.5 Å². The lowest BCUT2D eigenvalue weighted by Crippen LogP contribution is -2.33. The van der Waals surface area contributed by atoms with Crippen LogP contribution in [0.25, 0.3) is 11.3 Å². The fraction of sp³-hybridized carbons (Fsp3) is 0.636. The number of pyridine rings is 1. The van der Waals surface area contributed by atoms with E-state index in [1.54, 1.807) is 13.2 Å². The second-order valence-electron chi connectivity index (χ2n) is 9.30. The highest BCUT2D eigenvalue weighted by molar-refractivity contribution is 5.63. The Morgan fingerprint density at radius 3 is 2.55 bits per heavy atom. The quantitative estimate of drug-likeness (QED) is 0.645. The van der Waals surface area contributed by atoms with Crippen molar-refractivity contribution >= 4 is 5.82 Å². The average Bonchev–Trinajstić information content (AvgIpc) is 3.21. The molecule has 2 N–H and O–H groups in total. The summed E-state index contributed by atoms with van der Waals surface area (Å²) in [6.07, 6.45) is -2.82. The molecule has 0 unspecified atom stereocenters. The van der Waals surface area contributed by atoms with Gasteiger partial charge in [0, 0.05) is 49.6 Å². The molecule has 3 heterocycles. The van der Waals surface area contributed by atoms with Crippen LogP contribution in [-0.2, 0) is 17.5 Å². The largest absolute Gasteiger partial charge is 0.419 e. The van der Waals surface area contributed by atoms with Crippen LogP contribution in [0.2, 0.25) is 0 Å². The van der Waals surface area contributed by atoms with Gasteiger partial charge in [-0.1, -0.05) is 0 Å². The van der Waals surface area contributed by atoms with Crippen LogP contribution in [0.4, 0.5) is 27.8 Å².